The Bertz CT molecular complexity index is 971. The zero-order chi connectivity index (χ0) is 21.0. The fraction of sp³-hybridized carbons (Fsp3) is 0.250. The second-order valence-corrected chi connectivity index (χ2v) is 6.82. The van der Waals surface area contributed by atoms with Crippen LogP contribution in [0.25, 0.3) is 0 Å². The van der Waals surface area contributed by atoms with Crippen molar-refractivity contribution in [1.82, 2.24) is 10.6 Å². The normalized spacial score (nSPS) is 13.8. The van der Waals surface area contributed by atoms with Crippen LogP contribution in [0.5, 0.6) is 0 Å². The molecule has 0 aromatic heterocycles. The number of nitro benzene ring substituents is 1. The highest BCUT2D eigenvalue weighted by molar-refractivity contribution is 6.02. The summed E-state index contributed by atoms with van der Waals surface area (Å²) in [6.45, 7) is 1.49. The Hall–Kier alpha value is -3.75. The quantitative estimate of drug-likeness (QED) is 0.488. The molecule has 1 aliphatic carbocycles. The lowest BCUT2D eigenvalue weighted by atomic mass is 10.1. The lowest BCUT2D eigenvalue weighted by molar-refractivity contribution is -0.384. The highest BCUT2D eigenvalue weighted by Gasteiger charge is 2.24. The van der Waals surface area contributed by atoms with Gasteiger partial charge in [0.05, 0.1) is 4.92 Å². The number of benzene rings is 2. The Morgan fingerprint density at radius 1 is 1.03 bits per heavy atom. The third kappa shape index (κ3) is 5.38. The summed E-state index contributed by atoms with van der Waals surface area (Å²) in [5.41, 5.74) is 0.728. The van der Waals surface area contributed by atoms with Crippen LogP contribution in [0.2, 0.25) is 0 Å². The molecular weight excluding hydrogens is 376 g/mol. The van der Waals surface area contributed by atoms with Crippen LogP contribution in [0.4, 0.5) is 11.4 Å². The fourth-order valence-corrected chi connectivity index (χ4v) is 2.59. The maximum Gasteiger partial charge on any atom is 0.270 e. The van der Waals surface area contributed by atoms with Crippen molar-refractivity contribution in [2.24, 2.45) is 0 Å². The summed E-state index contributed by atoms with van der Waals surface area (Å²) in [5, 5.41) is 18.9. The zero-order valence-corrected chi connectivity index (χ0v) is 15.7. The molecule has 1 saturated carbocycles. The molecule has 9 nitrogen and oxygen atoms in total. The largest absolute Gasteiger partial charge is 0.349 e. The molecule has 1 unspecified atom stereocenters. The van der Waals surface area contributed by atoms with Crippen molar-refractivity contribution in [1.29, 1.82) is 0 Å². The van der Waals surface area contributed by atoms with Gasteiger partial charge in [0.15, 0.2) is 0 Å². The summed E-state index contributed by atoms with van der Waals surface area (Å²) in [5.74, 6) is -1.28. The van der Waals surface area contributed by atoms with Crippen LogP contribution >= 0.6 is 0 Å². The molecule has 1 aliphatic rings. The monoisotopic (exact) mass is 396 g/mol. The molecule has 3 amide bonds. The van der Waals surface area contributed by atoms with Gasteiger partial charge in [0.2, 0.25) is 5.91 Å². The third-order valence-corrected chi connectivity index (χ3v) is 4.36. The molecule has 0 aliphatic heterocycles. The van der Waals surface area contributed by atoms with Gasteiger partial charge in [-0.3, -0.25) is 24.5 Å². The van der Waals surface area contributed by atoms with Crippen molar-refractivity contribution in [3.8, 4) is 0 Å². The van der Waals surface area contributed by atoms with Gasteiger partial charge in [0, 0.05) is 35.0 Å². The SMILES string of the molecule is CC(NC(=O)c1cccc([N+](=O)[O-])c1)C(=O)Nc1cccc(C(=O)NC2CC2)c1. The van der Waals surface area contributed by atoms with Gasteiger partial charge in [0.25, 0.3) is 17.5 Å². The van der Waals surface area contributed by atoms with E-state index in [1.807, 2.05) is 0 Å². The molecule has 1 atom stereocenters. The number of non-ortho nitro benzene ring substituents is 1. The van der Waals surface area contributed by atoms with E-state index in [4.69, 9.17) is 0 Å². The first kappa shape index (κ1) is 20.0. The van der Waals surface area contributed by atoms with Gasteiger partial charge in [-0.05, 0) is 44.0 Å². The van der Waals surface area contributed by atoms with Gasteiger partial charge < -0.3 is 16.0 Å². The molecule has 1 fully saturated rings. The molecule has 0 bridgehead atoms. The van der Waals surface area contributed by atoms with Crippen molar-refractivity contribution in [3.63, 3.8) is 0 Å². The number of amides is 3. The Morgan fingerprint density at radius 3 is 2.34 bits per heavy atom. The van der Waals surface area contributed by atoms with Gasteiger partial charge in [-0.25, -0.2) is 0 Å². The summed E-state index contributed by atoms with van der Waals surface area (Å²) >= 11 is 0. The predicted molar refractivity (Wildman–Crippen MR) is 106 cm³/mol. The zero-order valence-electron chi connectivity index (χ0n) is 15.7. The van der Waals surface area contributed by atoms with Crippen LogP contribution in [0, 0.1) is 10.1 Å². The van der Waals surface area contributed by atoms with E-state index in [2.05, 4.69) is 16.0 Å². The van der Waals surface area contributed by atoms with E-state index < -0.39 is 22.8 Å². The number of anilines is 1. The summed E-state index contributed by atoms with van der Waals surface area (Å²) in [7, 11) is 0. The van der Waals surface area contributed by atoms with Crippen molar-refractivity contribution in [2.45, 2.75) is 31.8 Å². The minimum Gasteiger partial charge on any atom is -0.349 e. The Balaban J connectivity index is 1.60. The topological polar surface area (TPSA) is 130 Å². The standard InChI is InChI=1S/C20H20N4O5/c1-12(21-19(26)14-5-3-7-17(11-14)24(28)29)18(25)23-16-6-2-4-13(10-16)20(27)22-15-8-9-15/h2-7,10-12,15H,8-9H2,1H3,(H,21,26)(H,22,27)(H,23,25). The highest BCUT2D eigenvalue weighted by atomic mass is 16.6. The van der Waals surface area contributed by atoms with E-state index in [1.165, 1.54) is 25.1 Å². The second-order valence-electron chi connectivity index (χ2n) is 6.82. The van der Waals surface area contributed by atoms with E-state index in [0.717, 1.165) is 18.9 Å². The number of nitro groups is 1. The first-order valence-corrected chi connectivity index (χ1v) is 9.10. The Morgan fingerprint density at radius 2 is 1.69 bits per heavy atom. The third-order valence-electron chi connectivity index (χ3n) is 4.36. The van der Waals surface area contributed by atoms with Crippen LogP contribution < -0.4 is 16.0 Å². The number of rotatable bonds is 7. The van der Waals surface area contributed by atoms with Crippen LogP contribution in [0.3, 0.4) is 0 Å². The molecule has 150 valence electrons. The van der Waals surface area contributed by atoms with Gasteiger partial charge >= 0.3 is 0 Å². The molecule has 0 saturated heterocycles. The van der Waals surface area contributed by atoms with Gasteiger partial charge in [-0.2, -0.15) is 0 Å². The summed E-state index contributed by atoms with van der Waals surface area (Å²) in [6.07, 6.45) is 1.95. The predicted octanol–water partition coefficient (Wildman–Crippen LogP) is 2.24. The molecular formula is C20H20N4O5. The molecule has 0 radical (unpaired) electrons. The van der Waals surface area contributed by atoms with Crippen LogP contribution in [0.15, 0.2) is 48.5 Å². The minimum absolute atomic E-state index is 0.0811. The summed E-state index contributed by atoms with van der Waals surface area (Å²) < 4.78 is 0. The van der Waals surface area contributed by atoms with Crippen LogP contribution in [0.1, 0.15) is 40.5 Å². The lowest BCUT2D eigenvalue weighted by Gasteiger charge is -2.14. The molecule has 2 aromatic rings. The van der Waals surface area contributed by atoms with E-state index >= 15 is 0 Å². The Kier molecular flexibility index (Phi) is 5.87. The average Bonchev–Trinajstić information content (AvgIpc) is 3.52. The van der Waals surface area contributed by atoms with E-state index in [0.29, 0.717) is 11.3 Å². The van der Waals surface area contributed by atoms with Crippen LogP contribution in [-0.4, -0.2) is 34.7 Å². The Labute approximate surface area is 166 Å². The average molecular weight is 396 g/mol. The highest BCUT2D eigenvalue weighted by Crippen LogP contribution is 2.20. The first-order valence-electron chi connectivity index (χ1n) is 9.10. The second kappa shape index (κ2) is 8.51. The minimum atomic E-state index is -0.897. The van der Waals surface area contributed by atoms with Gasteiger partial charge in [0.1, 0.15) is 6.04 Å². The maximum absolute atomic E-state index is 12.4. The van der Waals surface area contributed by atoms with E-state index in [9.17, 15) is 24.5 Å². The number of hydrogen-bond donors (Lipinski definition) is 3. The molecule has 29 heavy (non-hydrogen) atoms. The lowest BCUT2D eigenvalue weighted by Crippen LogP contribution is -2.41. The number of nitrogens with one attached hydrogen (secondary N) is 3. The molecule has 9 heteroatoms. The number of carbonyl (C=O) groups excluding carboxylic acids is 3. The molecule has 0 spiro atoms. The van der Waals surface area contributed by atoms with Crippen molar-refractivity contribution < 1.29 is 19.3 Å². The number of carbonyl (C=O) groups is 3. The fourth-order valence-electron chi connectivity index (χ4n) is 2.59. The smallest absolute Gasteiger partial charge is 0.270 e. The summed E-state index contributed by atoms with van der Waals surface area (Å²) in [6, 6.07) is 11.1. The van der Waals surface area contributed by atoms with Gasteiger partial charge in [-0.15, -0.1) is 0 Å². The summed E-state index contributed by atoms with van der Waals surface area (Å²) in [4.78, 5) is 47.0. The molecule has 0 heterocycles. The molecule has 2 aromatic carbocycles. The molecule has 3 N–H and O–H groups in total. The number of hydrogen-bond acceptors (Lipinski definition) is 5. The first-order chi connectivity index (χ1) is 13.8. The van der Waals surface area contributed by atoms with Crippen molar-refractivity contribution in [3.05, 3.63) is 69.8 Å². The van der Waals surface area contributed by atoms with Crippen LogP contribution in [-0.2, 0) is 4.79 Å². The van der Waals surface area contributed by atoms with Crippen molar-refractivity contribution >= 4 is 29.1 Å². The number of nitrogens with zero attached hydrogens (tertiary/aromatic N) is 1. The van der Waals surface area contributed by atoms with Crippen molar-refractivity contribution in [2.75, 3.05) is 5.32 Å². The van der Waals surface area contributed by atoms with E-state index in [-0.39, 0.29) is 23.2 Å². The van der Waals surface area contributed by atoms with Gasteiger partial charge in [-0.1, -0.05) is 12.1 Å². The van der Waals surface area contributed by atoms with E-state index in [1.54, 1.807) is 24.3 Å². The molecule has 3 rings (SSSR count). The maximum atomic E-state index is 12.4.